The number of carboxylic acid groups (broad SMARTS) is 1. The first-order valence-electron chi connectivity index (χ1n) is 4.54. The van der Waals surface area contributed by atoms with Gasteiger partial charge in [-0.3, -0.25) is 0 Å². The van der Waals surface area contributed by atoms with Crippen LogP contribution in [-0.4, -0.2) is 40.6 Å². The molecule has 0 bridgehead atoms. The molecule has 0 aliphatic rings. The predicted molar refractivity (Wildman–Crippen MR) is 59.3 cm³/mol. The van der Waals surface area contributed by atoms with Gasteiger partial charge in [-0.15, -0.1) is 0 Å². The molecule has 1 aromatic rings. The molecule has 0 radical (unpaired) electrons. The van der Waals surface area contributed by atoms with E-state index >= 15 is 0 Å². The molecule has 0 heterocycles. The third-order valence-corrected chi connectivity index (χ3v) is 2.19. The van der Waals surface area contributed by atoms with Crippen molar-refractivity contribution in [2.45, 2.75) is 26.7 Å². The molecule has 0 aliphatic heterocycles. The van der Waals surface area contributed by atoms with Crippen molar-refractivity contribution in [2.75, 3.05) is 0 Å². The summed E-state index contributed by atoms with van der Waals surface area (Å²) in [5, 5.41) is 8.86. The SMILES string of the molecule is CCc1ccc(C(=O)O)c(CC)c1.[NaH]. The van der Waals surface area contributed by atoms with Gasteiger partial charge in [0, 0.05) is 0 Å². The Bertz CT molecular complexity index is 321. The van der Waals surface area contributed by atoms with E-state index in [4.69, 9.17) is 5.11 Å². The van der Waals surface area contributed by atoms with E-state index < -0.39 is 5.97 Å². The van der Waals surface area contributed by atoms with Crippen LogP contribution in [0.4, 0.5) is 0 Å². The number of benzene rings is 1. The molecule has 1 N–H and O–H groups in total. The summed E-state index contributed by atoms with van der Waals surface area (Å²) in [5.41, 5.74) is 2.55. The summed E-state index contributed by atoms with van der Waals surface area (Å²) in [4.78, 5) is 10.8. The van der Waals surface area contributed by atoms with Crippen molar-refractivity contribution in [1.29, 1.82) is 0 Å². The summed E-state index contributed by atoms with van der Waals surface area (Å²) in [6, 6.07) is 5.55. The van der Waals surface area contributed by atoms with Crippen molar-refractivity contribution in [3.8, 4) is 0 Å². The molecule has 0 aromatic heterocycles. The fraction of sp³-hybridized carbons (Fsp3) is 0.364. The molecule has 0 saturated heterocycles. The van der Waals surface area contributed by atoms with E-state index in [1.807, 2.05) is 19.1 Å². The van der Waals surface area contributed by atoms with Crippen molar-refractivity contribution in [1.82, 2.24) is 0 Å². The van der Waals surface area contributed by atoms with Crippen LogP contribution in [0.3, 0.4) is 0 Å². The molecule has 0 atom stereocenters. The molecular formula is C11H15NaO2. The second-order valence-electron chi connectivity index (χ2n) is 3.00. The van der Waals surface area contributed by atoms with Gasteiger partial charge < -0.3 is 5.11 Å². The van der Waals surface area contributed by atoms with Crippen molar-refractivity contribution < 1.29 is 9.90 Å². The van der Waals surface area contributed by atoms with Gasteiger partial charge in [-0.05, 0) is 30.0 Å². The number of aromatic carboxylic acids is 1. The van der Waals surface area contributed by atoms with Gasteiger partial charge in [0.05, 0.1) is 5.56 Å². The molecule has 0 unspecified atom stereocenters. The van der Waals surface area contributed by atoms with Gasteiger partial charge in [0.25, 0.3) is 0 Å². The van der Waals surface area contributed by atoms with Crippen LogP contribution in [0, 0.1) is 0 Å². The van der Waals surface area contributed by atoms with E-state index in [0.717, 1.165) is 18.4 Å². The van der Waals surface area contributed by atoms with Gasteiger partial charge in [0.15, 0.2) is 0 Å². The first-order chi connectivity index (χ1) is 6.19. The van der Waals surface area contributed by atoms with Crippen LogP contribution in [0.15, 0.2) is 18.2 Å². The van der Waals surface area contributed by atoms with E-state index in [9.17, 15) is 4.79 Å². The Morgan fingerprint density at radius 2 is 1.93 bits per heavy atom. The minimum absolute atomic E-state index is 0. The van der Waals surface area contributed by atoms with Gasteiger partial charge in [-0.1, -0.05) is 26.0 Å². The zero-order valence-electron chi connectivity index (χ0n) is 8.00. The number of hydrogen-bond acceptors (Lipinski definition) is 1. The maximum absolute atomic E-state index is 10.8. The van der Waals surface area contributed by atoms with Crippen molar-refractivity contribution in [2.24, 2.45) is 0 Å². The minimum atomic E-state index is -0.834. The van der Waals surface area contributed by atoms with Crippen molar-refractivity contribution in [3.63, 3.8) is 0 Å². The monoisotopic (exact) mass is 202 g/mol. The number of hydrogen-bond donors (Lipinski definition) is 1. The quantitative estimate of drug-likeness (QED) is 0.759. The molecule has 0 aliphatic carbocycles. The van der Waals surface area contributed by atoms with Crippen LogP contribution in [0.5, 0.6) is 0 Å². The van der Waals surface area contributed by atoms with E-state index in [1.165, 1.54) is 5.56 Å². The van der Waals surface area contributed by atoms with Crippen LogP contribution in [0.25, 0.3) is 0 Å². The average molecular weight is 202 g/mol. The molecule has 1 aromatic carbocycles. The molecular weight excluding hydrogens is 187 g/mol. The maximum atomic E-state index is 10.8. The summed E-state index contributed by atoms with van der Waals surface area (Å²) < 4.78 is 0. The fourth-order valence-corrected chi connectivity index (χ4v) is 1.37. The molecule has 3 heteroatoms. The Morgan fingerprint density at radius 1 is 1.29 bits per heavy atom. The second-order valence-corrected chi connectivity index (χ2v) is 3.00. The number of carboxylic acids is 1. The van der Waals surface area contributed by atoms with Crippen LogP contribution in [0.1, 0.15) is 35.3 Å². The summed E-state index contributed by atoms with van der Waals surface area (Å²) in [6.07, 6.45) is 1.72. The topological polar surface area (TPSA) is 37.3 Å². The summed E-state index contributed by atoms with van der Waals surface area (Å²) in [5.74, 6) is -0.834. The Kier molecular flexibility index (Phi) is 6.09. The van der Waals surface area contributed by atoms with E-state index in [0.29, 0.717) is 5.56 Å². The summed E-state index contributed by atoms with van der Waals surface area (Å²) in [6.45, 7) is 4.04. The number of rotatable bonds is 3. The third-order valence-electron chi connectivity index (χ3n) is 2.19. The predicted octanol–water partition coefficient (Wildman–Crippen LogP) is 1.86. The molecule has 14 heavy (non-hydrogen) atoms. The van der Waals surface area contributed by atoms with E-state index in [2.05, 4.69) is 6.92 Å². The number of carbonyl (C=O) groups is 1. The summed E-state index contributed by atoms with van der Waals surface area (Å²) >= 11 is 0. The Hall–Kier alpha value is -0.310. The van der Waals surface area contributed by atoms with Crippen LogP contribution < -0.4 is 0 Å². The Morgan fingerprint density at radius 3 is 2.36 bits per heavy atom. The van der Waals surface area contributed by atoms with Crippen molar-refractivity contribution >= 4 is 35.5 Å². The third kappa shape index (κ3) is 3.12. The molecule has 72 valence electrons. The van der Waals surface area contributed by atoms with Gasteiger partial charge in [0.2, 0.25) is 0 Å². The van der Waals surface area contributed by atoms with Crippen LogP contribution in [0.2, 0.25) is 0 Å². The molecule has 1 rings (SSSR count). The first kappa shape index (κ1) is 13.7. The summed E-state index contributed by atoms with van der Waals surface area (Å²) in [7, 11) is 0. The zero-order chi connectivity index (χ0) is 9.84. The van der Waals surface area contributed by atoms with E-state index in [1.54, 1.807) is 6.07 Å². The van der Waals surface area contributed by atoms with Gasteiger partial charge in [-0.25, -0.2) is 4.79 Å². The fourth-order valence-electron chi connectivity index (χ4n) is 1.37. The standard InChI is InChI=1S/C11H14O2.Na.H/c1-3-8-5-6-10(11(12)13)9(4-2)7-8;;/h5-7H,3-4H2,1-2H3,(H,12,13);;. The molecule has 0 fully saturated rings. The average Bonchev–Trinajstić information content (AvgIpc) is 2.16. The zero-order valence-corrected chi connectivity index (χ0v) is 8.00. The van der Waals surface area contributed by atoms with Crippen molar-refractivity contribution in [3.05, 3.63) is 34.9 Å². The number of aryl methyl sites for hydroxylation is 2. The molecule has 0 saturated carbocycles. The first-order valence-corrected chi connectivity index (χ1v) is 4.54. The van der Waals surface area contributed by atoms with Gasteiger partial charge >= 0.3 is 35.5 Å². The van der Waals surface area contributed by atoms with Gasteiger partial charge in [-0.2, -0.15) is 0 Å². The van der Waals surface area contributed by atoms with Crippen LogP contribution >= 0.6 is 0 Å². The normalized spacial score (nSPS) is 9.29. The molecule has 0 amide bonds. The Labute approximate surface area is 107 Å². The molecule has 0 spiro atoms. The molecule has 2 nitrogen and oxygen atoms in total. The van der Waals surface area contributed by atoms with Gasteiger partial charge in [0.1, 0.15) is 0 Å². The Balaban J connectivity index is 0.00000169. The second kappa shape index (κ2) is 6.23. The van der Waals surface area contributed by atoms with E-state index in [-0.39, 0.29) is 29.6 Å². The van der Waals surface area contributed by atoms with Crippen LogP contribution in [-0.2, 0) is 12.8 Å².